The van der Waals surface area contributed by atoms with Crippen LogP contribution in [0.1, 0.15) is 20.8 Å². The summed E-state index contributed by atoms with van der Waals surface area (Å²) >= 11 is 5.82. The molecule has 0 fully saturated rings. The minimum Gasteiger partial charge on any atom is -0.341 e. The molecule has 0 spiro atoms. The first-order chi connectivity index (χ1) is 9.72. The van der Waals surface area contributed by atoms with Gasteiger partial charge in [-0.05, 0) is 45.0 Å². The van der Waals surface area contributed by atoms with Crippen LogP contribution < -0.4 is 4.31 Å². The Bertz CT molecular complexity index is 583. The highest BCUT2D eigenvalue weighted by molar-refractivity contribution is 7.92. The largest absolute Gasteiger partial charge is 0.341 e. The third-order valence-corrected chi connectivity index (χ3v) is 4.72. The summed E-state index contributed by atoms with van der Waals surface area (Å²) in [5.41, 5.74) is 0.426. The van der Waals surface area contributed by atoms with Crippen LogP contribution in [0.4, 0.5) is 5.69 Å². The van der Waals surface area contributed by atoms with Gasteiger partial charge >= 0.3 is 0 Å². The van der Waals surface area contributed by atoms with Crippen LogP contribution in [0.25, 0.3) is 0 Å². The van der Waals surface area contributed by atoms with Crippen LogP contribution in [0.2, 0.25) is 5.02 Å². The molecule has 1 aromatic carbocycles. The minimum atomic E-state index is -3.58. The molecule has 0 aliphatic carbocycles. The van der Waals surface area contributed by atoms with Gasteiger partial charge in [-0.2, -0.15) is 0 Å². The van der Waals surface area contributed by atoms with Gasteiger partial charge in [-0.15, -0.1) is 0 Å². The van der Waals surface area contributed by atoms with Crippen LogP contribution in [0.3, 0.4) is 0 Å². The van der Waals surface area contributed by atoms with E-state index < -0.39 is 16.1 Å². The first-order valence-electron chi connectivity index (χ1n) is 6.76. The summed E-state index contributed by atoms with van der Waals surface area (Å²) in [6.07, 6.45) is 1.09. The number of hydrogen-bond acceptors (Lipinski definition) is 3. The SMILES string of the molecule is CCN(CC)C(=O)[C@H](C)N(c1ccc(Cl)cc1)S(C)(=O)=O. The zero-order chi connectivity index (χ0) is 16.2. The second kappa shape index (κ2) is 7.13. The molecule has 0 aliphatic heterocycles. The van der Waals surface area contributed by atoms with Gasteiger partial charge in [-0.1, -0.05) is 11.6 Å². The Balaban J connectivity index is 3.21. The molecule has 118 valence electrons. The van der Waals surface area contributed by atoms with E-state index in [1.807, 2.05) is 13.8 Å². The van der Waals surface area contributed by atoms with E-state index in [0.717, 1.165) is 10.6 Å². The van der Waals surface area contributed by atoms with E-state index >= 15 is 0 Å². The number of amides is 1. The van der Waals surface area contributed by atoms with Gasteiger partial charge in [0.15, 0.2) is 0 Å². The number of halogens is 1. The number of rotatable bonds is 6. The van der Waals surface area contributed by atoms with Crippen LogP contribution in [-0.4, -0.2) is 44.6 Å². The fourth-order valence-electron chi connectivity index (χ4n) is 2.19. The summed E-state index contributed by atoms with van der Waals surface area (Å²) in [6.45, 7) is 6.40. The molecular formula is C14H21ClN2O3S. The van der Waals surface area contributed by atoms with Crippen LogP contribution in [0, 0.1) is 0 Å². The molecule has 1 rings (SSSR count). The third-order valence-electron chi connectivity index (χ3n) is 3.22. The molecule has 0 aromatic heterocycles. The molecule has 0 aliphatic rings. The highest BCUT2D eigenvalue weighted by atomic mass is 35.5. The number of nitrogens with zero attached hydrogens (tertiary/aromatic N) is 2. The fraction of sp³-hybridized carbons (Fsp3) is 0.500. The molecule has 1 amide bonds. The second-order valence-electron chi connectivity index (χ2n) is 4.72. The lowest BCUT2D eigenvalue weighted by Crippen LogP contribution is -2.49. The van der Waals surface area contributed by atoms with Crippen LogP contribution >= 0.6 is 11.6 Å². The molecular weight excluding hydrogens is 312 g/mol. The Morgan fingerprint density at radius 2 is 1.67 bits per heavy atom. The summed E-state index contributed by atoms with van der Waals surface area (Å²) in [5.74, 6) is -0.222. The number of hydrogen-bond donors (Lipinski definition) is 0. The number of benzene rings is 1. The lowest BCUT2D eigenvalue weighted by molar-refractivity contribution is -0.131. The predicted octanol–water partition coefficient (Wildman–Crippen LogP) is 2.36. The molecule has 0 N–H and O–H groups in total. The fourth-order valence-corrected chi connectivity index (χ4v) is 3.49. The van der Waals surface area contributed by atoms with Crippen molar-refractivity contribution in [1.82, 2.24) is 4.90 Å². The van der Waals surface area contributed by atoms with Crippen LogP contribution in [0.15, 0.2) is 24.3 Å². The number of carbonyl (C=O) groups is 1. The predicted molar refractivity (Wildman–Crippen MR) is 86.2 cm³/mol. The molecule has 5 nitrogen and oxygen atoms in total. The Morgan fingerprint density at radius 1 is 1.19 bits per heavy atom. The third kappa shape index (κ3) is 4.35. The average Bonchev–Trinajstić information content (AvgIpc) is 2.41. The molecule has 21 heavy (non-hydrogen) atoms. The maximum atomic E-state index is 12.4. The summed E-state index contributed by atoms with van der Waals surface area (Å²) in [6, 6.07) is 5.58. The smallest absolute Gasteiger partial charge is 0.246 e. The normalized spacial score (nSPS) is 12.8. The topological polar surface area (TPSA) is 57.7 Å². The van der Waals surface area contributed by atoms with E-state index in [4.69, 9.17) is 11.6 Å². The Kier molecular flexibility index (Phi) is 6.04. The molecule has 1 atom stereocenters. The maximum Gasteiger partial charge on any atom is 0.246 e. The Morgan fingerprint density at radius 3 is 2.05 bits per heavy atom. The van der Waals surface area contributed by atoms with Crippen molar-refractivity contribution in [2.75, 3.05) is 23.7 Å². The summed E-state index contributed by atoms with van der Waals surface area (Å²) in [7, 11) is -3.58. The van der Waals surface area contributed by atoms with Crippen molar-refractivity contribution in [1.29, 1.82) is 0 Å². The zero-order valence-electron chi connectivity index (χ0n) is 12.7. The van der Waals surface area contributed by atoms with Crippen molar-refractivity contribution >= 4 is 33.2 Å². The molecule has 0 saturated heterocycles. The van der Waals surface area contributed by atoms with Crippen molar-refractivity contribution in [3.63, 3.8) is 0 Å². The molecule has 0 unspecified atom stereocenters. The molecule has 0 bridgehead atoms. The number of likely N-dealkylation sites (N-methyl/N-ethyl adjacent to an activating group) is 1. The monoisotopic (exact) mass is 332 g/mol. The van der Waals surface area contributed by atoms with Crippen molar-refractivity contribution in [3.8, 4) is 0 Å². The van der Waals surface area contributed by atoms with Crippen molar-refractivity contribution in [3.05, 3.63) is 29.3 Å². The zero-order valence-corrected chi connectivity index (χ0v) is 14.3. The van der Waals surface area contributed by atoms with E-state index in [2.05, 4.69) is 0 Å². The summed E-state index contributed by atoms with van der Waals surface area (Å²) < 4.78 is 25.3. The second-order valence-corrected chi connectivity index (χ2v) is 7.02. The van der Waals surface area contributed by atoms with Gasteiger partial charge in [0.1, 0.15) is 6.04 Å². The Hall–Kier alpha value is -1.27. The minimum absolute atomic E-state index is 0.222. The van der Waals surface area contributed by atoms with Crippen LogP contribution in [0.5, 0.6) is 0 Å². The van der Waals surface area contributed by atoms with Crippen LogP contribution in [-0.2, 0) is 14.8 Å². The van der Waals surface area contributed by atoms with Gasteiger partial charge in [0, 0.05) is 18.1 Å². The number of carbonyl (C=O) groups excluding carboxylic acids is 1. The van der Waals surface area contributed by atoms with E-state index in [1.165, 1.54) is 0 Å². The molecule has 0 radical (unpaired) electrons. The van der Waals surface area contributed by atoms with E-state index in [9.17, 15) is 13.2 Å². The van der Waals surface area contributed by atoms with Gasteiger partial charge < -0.3 is 4.90 Å². The molecule has 7 heteroatoms. The Labute approximate surface area is 131 Å². The van der Waals surface area contributed by atoms with E-state index in [1.54, 1.807) is 36.1 Å². The molecule has 0 heterocycles. The number of sulfonamides is 1. The van der Waals surface area contributed by atoms with Gasteiger partial charge in [0.25, 0.3) is 0 Å². The molecule has 1 aromatic rings. The summed E-state index contributed by atoms with van der Waals surface area (Å²) in [5, 5.41) is 0.509. The van der Waals surface area contributed by atoms with Gasteiger partial charge in [-0.25, -0.2) is 8.42 Å². The van der Waals surface area contributed by atoms with Gasteiger partial charge in [0.05, 0.1) is 11.9 Å². The highest BCUT2D eigenvalue weighted by Crippen LogP contribution is 2.23. The van der Waals surface area contributed by atoms with Crippen molar-refractivity contribution in [2.45, 2.75) is 26.8 Å². The first kappa shape index (κ1) is 17.8. The first-order valence-corrected chi connectivity index (χ1v) is 8.98. The lowest BCUT2D eigenvalue weighted by Gasteiger charge is -2.31. The van der Waals surface area contributed by atoms with Crippen molar-refractivity contribution < 1.29 is 13.2 Å². The highest BCUT2D eigenvalue weighted by Gasteiger charge is 2.31. The average molecular weight is 333 g/mol. The van der Waals surface area contributed by atoms with Gasteiger partial charge in [0.2, 0.25) is 15.9 Å². The summed E-state index contributed by atoms with van der Waals surface area (Å²) in [4.78, 5) is 14.0. The standard InChI is InChI=1S/C14H21ClN2O3S/c1-5-16(6-2)14(18)11(3)17(21(4,19)20)13-9-7-12(15)8-10-13/h7-11H,5-6H2,1-4H3/t11-/m0/s1. The van der Waals surface area contributed by atoms with E-state index in [0.29, 0.717) is 23.8 Å². The van der Waals surface area contributed by atoms with Gasteiger partial charge in [-0.3, -0.25) is 9.10 Å². The lowest BCUT2D eigenvalue weighted by atomic mass is 10.2. The van der Waals surface area contributed by atoms with E-state index in [-0.39, 0.29) is 5.91 Å². The maximum absolute atomic E-state index is 12.4. The molecule has 0 saturated carbocycles. The van der Waals surface area contributed by atoms with Crippen molar-refractivity contribution in [2.24, 2.45) is 0 Å². The quantitative estimate of drug-likeness (QED) is 0.803. The number of anilines is 1.